The topological polar surface area (TPSA) is 21.3 Å². The van der Waals surface area contributed by atoms with Crippen molar-refractivity contribution in [2.45, 2.75) is 38.6 Å². The Morgan fingerprint density at radius 1 is 1.35 bits per heavy atom. The fraction of sp³-hybridized carbons (Fsp3) is 0.600. The van der Waals surface area contributed by atoms with E-state index < -0.39 is 0 Å². The van der Waals surface area contributed by atoms with Crippen molar-refractivity contribution in [3.63, 3.8) is 0 Å². The molecule has 0 aliphatic heterocycles. The molecule has 17 heavy (non-hydrogen) atoms. The van der Waals surface area contributed by atoms with Crippen molar-refractivity contribution in [1.82, 2.24) is 5.32 Å². The van der Waals surface area contributed by atoms with Crippen LogP contribution in [0.15, 0.2) is 18.2 Å². The van der Waals surface area contributed by atoms with E-state index in [0.717, 1.165) is 18.1 Å². The highest BCUT2D eigenvalue weighted by molar-refractivity contribution is 5.37. The van der Waals surface area contributed by atoms with Gasteiger partial charge in [0.05, 0.1) is 7.11 Å². The zero-order valence-electron chi connectivity index (χ0n) is 11.1. The van der Waals surface area contributed by atoms with Crippen LogP contribution in [-0.2, 0) is 6.42 Å². The fourth-order valence-electron chi connectivity index (χ4n) is 3.01. The molecule has 1 N–H and O–H groups in total. The van der Waals surface area contributed by atoms with Gasteiger partial charge < -0.3 is 10.1 Å². The third-order valence-electron chi connectivity index (χ3n) is 3.95. The number of rotatable bonds is 4. The SMILES string of the molecule is CNC1CCCC1Cc1cc(C)ccc1OC. The van der Waals surface area contributed by atoms with Crippen LogP contribution in [0.1, 0.15) is 30.4 Å². The first-order valence-corrected chi connectivity index (χ1v) is 6.55. The first-order valence-electron chi connectivity index (χ1n) is 6.55. The predicted molar refractivity (Wildman–Crippen MR) is 71.6 cm³/mol. The smallest absolute Gasteiger partial charge is 0.122 e. The van der Waals surface area contributed by atoms with Crippen molar-refractivity contribution in [2.75, 3.05) is 14.2 Å². The number of benzene rings is 1. The monoisotopic (exact) mass is 233 g/mol. The molecule has 1 saturated carbocycles. The number of hydrogen-bond acceptors (Lipinski definition) is 2. The van der Waals surface area contributed by atoms with Crippen molar-refractivity contribution >= 4 is 0 Å². The Bertz CT molecular complexity index is 375. The zero-order valence-corrected chi connectivity index (χ0v) is 11.1. The van der Waals surface area contributed by atoms with Crippen LogP contribution in [0.4, 0.5) is 0 Å². The fourth-order valence-corrected chi connectivity index (χ4v) is 3.01. The van der Waals surface area contributed by atoms with Gasteiger partial charge in [-0.25, -0.2) is 0 Å². The molecule has 0 spiro atoms. The molecule has 2 atom stereocenters. The molecule has 1 aromatic carbocycles. The third kappa shape index (κ3) is 2.81. The Kier molecular flexibility index (Phi) is 4.06. The molecule has 0 bridgehead atoms. The van der Waals surface area contributed by atoms with Crippen LogP contribution in [0.5, 0.6) is 5.75 Å². The average Bonchev–Trinajstić information content (AvgIpc) is 2.77. The minimum Gasteiger partial charge on any atom is -0.496 e. The van der Waals surface area contributed by atoms with E-state index in [0.29, 0.717) is 6.04 Å². The number of aryl methyl sites for hydroxylation is 1. The van der Waals surface area contributed by atoms with E-state index in [1.54, 1.807) is 7.11 Å². The molecule has 0 aromatic heterocycles. The molecule has 2 nitrogen and oxygen atoms in total. The van der Waals surface area contributed by atoms with Crippen molar-refractivity contribution < 1.29 is 4.74 Å². The summed E-state index contributed by atoms with van der Waals surface area (Å²) in [5.74, 6) is 1.80. The molecule has 1 aliphatic rings. The first kappa shape index (κ1) is 12.4. The van der Waals surface area contributed by atoms with Gasteiger partial charge in [0, 0.05) is 6.04 Å². The summed E-state index contributed by atoms with van der Waals surface area (Å²) in [7, 11) is 3.84. The predicted octanol–water partition coefficient (Wildman–Crippen LogP) is 2.93. The summed E-state index contributed by atoms with van der Waals surface area (Å²) in [5.41, 5.74) is 2.68. The molecule has 2 heteroatoms. The third-order valence-corrected chi connectivity index (χ3v) is 3.95. The Hall–Kier alpha value is -1.02. The minimum atomic E-state index is 0.681. The van der Waals surface area contributed by atoms with Crippen LogP contribution in [-0.4, -0.2) is 20.2 Å². The standard InChI is InChI=1S/C15H23NO/c1-11-7-8-15(17-3)13(9-11)10-12-5-4-6-14(12)16-2/h7-9,12,14,16H,4-6,10H2,1-3H3. The quantitative estimate of drug-likeness (QED) is 0.863. The summed E-state index contributed by atoms with van der Waals surface area (Å²) in [5, 5.41) is 3.45. The Balaban J connectivity index is 2.14. The van der Waals surface area contributed by atoms with Gasteiger partial charge in [-0.15, -0.1) is 0 Å². The minimum absolute atomic E-state index is 0.681. The molecule has 0 radical (unpaired) electrons. The van der Waals surface area contributed by atoms with Gasteiger partial charge in [-0.3, -0.25) is 0 Å². The lowest BCUT2D eigenvalue weighted by Crippen LogP contribution is -2.30. The van der Waals surface area contributed by atoms with Gasteiger partial charge in [0.25, 0.3) is 0 Å². The Morgan fingerprint density at radius 2 is 2.18 bits per heavy atom. The summed E-state index contributed by atoms with van der Waals surface area (Å²) < 4.78 is 5.46. The van der Waals surface area contributed by atoms with Crippen LogP contribution < -0.4 is 10.1 Å². The normalized spacial score (nSPS) is 23.9. The van der Waals surface area contributed by atoms with Gasteiger partial charge in [-0.05, 0) is 50.8 Å². The van der Waals surface area contributed by atoms with E-state index in [1.165, 1.54) is 30.4 Å². The van der Waals surface area contributed by atoms with Crippen LogP contribution in [0.25, 0.3) is 0 Å². The van der Waals surface area contributed by atoms with Crippen molar-refractivity contribution in [2.24, 2.45) is 5.92 Å². The molecule has 0 heterocycles. The molecular formula is C15H23NO. The van der Waals surface area contributed by atoms with Crippen LogP contribution in [0.3, 0.4) is 0 Å². The van der Waals surface area contributed by atoms with Crippen LogP contribution in [0.2, 0.25) is 0 Å². The van der Waals surface area contributed by atoms with E-state index in [4.69, 9.17) is 4.74 Å². The summed E-state index contributed by atoms with van der Waals surface area (Å²) in [6.45, 7) is 2.15. The summed E-state index contributed by atoms with van der Waals surface area (Å²) >= 11 is 0. The second-order valence-electron chi connectivity index (χ2n) is 5.11. The summed E-state index contributed by atoms with van der Waals surface area (Å²) in [6.07, 6.45) is 5.14. The van der Waals surface area contributed by atoms with E-state index in [1.807, 2.05) is 0 Å². The second-order valence-corrected chi connectivity index (χ2v) is 5.11. The van der Waals surface area contributed by atoms with Crippen LogP contribution in [0, 0.1) is 12.8 Å². The van der Waals surface area contributed by atoms with E-state index in [9.17, 15) is 0 Å². The highest BCUT2D eigenvalue weighted by Crippen LogP contribution is 2.31. The van der Waals surface area contributed by atoms with Gasteiger partial charge >= 0.3 is 0 Å². The molecule has 0 saturated heterocycles. The largest absolute Gasteiger partial charge is 0.496 e. The molecule has 94 valence electrons. The lowest BCUT2D eigenvalue weighted by Gasteiger charge is -2.20. The van der Waals surface area contributed by atoms with E-state index in [-0.39, 0.29) is 0 Å². The molecule has 2 unspecified atom stereocenters. The van der Waals surface area contributed by atoms with Gasteiger partial charge in [0.15, 0.2) is 0 Å². The van der Waals surface area contributed by atoms with E-state index in [2.05, 4.69) is 37.5 Å². The Morgan fingerprint density at radius 3 is 2.88 bits per heavy atom. The molecule has 1 fully saturated rings. The van der Waals surface area contributed by atoms with Gasteiger partial charge in [-0.2, -0.15) is 0 Å². The van der Waals surface area contributed by atoms with Gasteiger partial charge in [0.2, 0.25) is 0 Å². The van der Waals surface area contributed by atoms with Crippen molar-refractivity contribution in [1.29, 1.82) is 0 Å². The lowest BCUT2D eigenvalue weighted by atomic mass is 9.93. The highest BCUT2D eigenvalue weighted by Gasteiger charge is 2.26. The van der Waals surface area contributed by atoms with Gasteiger partial charge in [-0.1, -0.05) is 24.1 Å². The average molecular weight is 233 g/mol. The Labute approximate surface area is 104 Å². The second kappa shape index (κ2) is 5.54. The number of ether oxygens (including phenoxy) is 1. The summed E-state index contributed by atoms with van der Waals surface area (Å²) in [4.78, 5) is 0. The zero-order chi connectivity index (χ0) is 12.3. The summed E-state index contributed by atoms with van der Waals surface area (Å²) in [6, 6.07) is 7.16. The lowest BCUT2D eigenvalue weighted by molar-refractivity contribution is 0.390. The molecule has 1 aromatic rings. The van der Waals surface area contributed by atoms with Crippen molar-refractivity contribution in [3.05, 3.63) is 29.3 Å². The van der Waals surface area contributed by atoms with Crippen LogP contribution >= 0.6 is 0 Å². The van der Waals surface area contributed by atoms with Gasteiger partial charge in [0.1, 0.15) is 5.75 Å². The number of methoxy groups -OCH3 is 1. The molecule has 1 aliphatic carbocycles. The number of nitrogens with one attached hydrogen (secondary N) is 1. The first-order chi connectivity index (χ1) is 8.24. The van der Waals surface area contributed by atoms with E-state index >= 15 is 0 Å². The maximum Gasteiger partial charge on any atom is 0.122 e. The molecule has 2 rings (SSSR count). The molecular weight excluding hydrogens is 210 g/mol. The van der Waals surface area contributed by atoms with Crippen molar-refractivity contribution in [3.8, 4) is 5.75 Å². The molecule has 0 amide bonds. The highest BCUT2D eigenvalue weighted by atomic mass is 16.5. The maximum absolute atomic E-state index is 5.46. The maximum atomic E-state index is 5.46. The number of hydrogen-bond donors (Lipinski definition) is 1.